The Bertz CT molecular complexity index is 862. The fourth-order valence-electron chi connectivity index (χ4n) is 4.88. The quantitative estimate of drug-likeness (QED) is 0.764. The van der Waals surface area contributed by atoms with E-state index in [-0.39, 0.29) is 0 Å². The standard InChI is InChI=1S/C24H30N4/c1-2-5-19(4-1)24-27-16-21(28-24)12-9-17-7-10-18(11-8-17)20-14-23(26-15-20)22-6-3-13-25-22/h7-8,10-11,15-16,19,22,25H,1-6,9,12-14H2,(H,27,28)/t22-/m0/s1. The van der Waals surface area contributed by atoms with Gasteiger partial charge in [0.15, 0.2) is 0 Å². The smallest absolute Gasteiger partial charge is 0.109 e. The number of hydrogen-bond acceptors (Lipinski definition) is 3. The van der Waals surface area contributed by atoms with Gasteiger partial charge in [-0.05, 0) is 61.8 Å². The lowest BCUT2D eigenvalue weighted by Gasteiger charge is -2.11. The molecule has 0 spiro atoms. The van der Waals surface area contributed by atoms with Gasteiger partial charge < -0.3 is 10.3 Å². The predicted molar refractivity (Wildman–Crippen MR) is 115 cm³/mol. The molecule has 28 heavy (non-hydrogen) atoms. The van der Waals surface area contributed by atoms with E-state index in [0.29, 0.717) is 12.0 Å². The minimum Gasteiger partial charge on any atom is -0.346 e. The first-order valence-corrected chi connectivity index (χ1v) is 11.0. The fourth-order valence-corrected chi connectivity index (χ4v) is 4.88. The third-order valence-corrected chi connectivity index (χ3v) is 6.62. The molecule has 1 aliphatic carbocycles. The van der Waals surface area contributed by atoms with E-state index in [1.54, 1.807) is 0 Å². The molecule has 0 unspecified atom stereocenters. The average molecular weight is 375 g/mol. The molecule has 1 saturated heterocycles. The molecule has 146 valence electrons. The number of aryl methyl sites for hydroxylation is 2. The highest BCUT2D eigenvalue weighted by molar-refractivity contribution is 6.01. The highest BCUT2D eigenvalue weighted by Gasteiger charge is 2.23. The Labute approximate surface area is 167 Å². The second-order valence-electron chi connectivity index (χ2n) is 8.57. The molecule has 1 atom stereocenters. The molecular formula is C24H30N4. The monoisotopic (exact) mass is 374 g/mol. The molecule has 2 fully saturated rings. The van der Waals surface area contributed by atoms with Gasteiger partial charge >= 0.3 is 0 Å². The molecule has 1 aromatic carbocycles. The SMILES string of the molecule is C1=C(c2ccc(CCc3cnc(C4CCCC4)[nH]3)cc2)CC([C@@H]2CCCN2)=N1. The van der Waals surface area contributed by atoms with E-state index >= 15 is 0 Å². The van der Waals surface area contributed by atoms with Gasteiger partial charge in [0.2, 0.25) is 0 Å². The maximum Gasteiger partial charge on any atom is 0.109 e. The molecule has 0 amide bonds. The maximum atomic E-state index is 4.69. The van der Waals surface area contributed by atoms with Gasteiger partial charge in [0.05, 0.1) is 0 Å². The van der Waals surface area contributed by atoms with Crippen molar-refractivity contribution >= 4 is 11.3 Å². The van der Waals surface area contributed by atoms with E-state index in [0.717, 1.165) is 25.8 Å². The van der Waals surface area contributed by atoms with Crippen LogP contribution in [0.1, 0.15) is 73.5 Å². The van der Waals surface area contributed by atoms with Gasteiger partial charge in [-0.1, -0.05) is 37.1 Å². The molecule has 2 aromatic rings. The van der Waals surface area contributed by atoms with Crippen LogP contribution in [-0.4, -0.2) is 28.3 Å². The third-order valence-electron chi connectivity index (χ3n) is 6.62. The van der Waals surface area contributed by atoms with E-state index in [2.05, 4.69) is 50.7 Å². The molecule has 0 radical (unpaired) electrons. The number of aromatic nitrogens is 2. The molecule has 3 aliphatic rings. The lowest BCUT2D eigenvalue weighted by molar-refractivity contribution is 0.675. The van der Waals surface area contributed by atoms with Crippen LogP contribution < -0.4 is 5.32 Å². The summed E-state index contributed by atoms with van der Waals surface area (Å²) >= 11 is 0. The van der Waals surface area contributed by atoms with Crippen molar-refractivity contribution in [1.29, 1.82) is 0 Å². The number of allylic oxidation sites excluding steroid dienone is 1. The first-order valence-electron chi connectivity index (χ1n) is 11.0. The maximum absolute atomic E-state index is 4.69. The minimum absolute atomic E-state index is 0.497. The van der Waals surface area contributed by atoms with Crippen LogP contribution in [0.15, 0.2) is 41.7 Å². The van der Waals surface area contributed by atoms with E-state index < -0.39 is 0 Å². The number of rotatable bonds is 6. The summed E-state index contributed by atoms with van der Waals surface area (Å²) in [4.78, 5) is 12.9. The Balaban J connectivity index is 1.15. The molecule has 1 aromatic heterocycles. The van der Waals surface area contributed by atoms with Crippen molar-refractivity contribution in [3.05, 3.63) is 59.3 Å². The number of imidazole rings is 1. The van der Waals surface area contributed by atoms with E-state index in [1.807, 2.05) is 6.20 Å². The summed E-state index contributed by atoms with van der Waals surface area (Å²) < 4.78 is 0. The van der Waals surface area contributed by atoms with Crippen LogP contribution in [0.5, 0.6) is 0 Å². The zero-order valence-corrected chi connectivity index (χ0v) is 16.6. The Kier molecular flexibility index (Phi) is 5.13. The summed E-state index contributed by atoms with van der Waals surface area (Å²) in [6.45, 7) is 1.13. The van der Waals surface area contributed by atoms with Gasteiger partial charge in [0.25, 0.3) is 0 Å². The van der Waals surface area contributed by atoms with Gasteiger partial charge in [-0.15, -0.1) is 0 Å². The first kappa shape index (κ1) is 17.9. The van der Waals surface area contributed by atoms with Crippen molar-refractivity contribution < 1.29 is 0 Å². The van der Waals surface area contributed by atoms with E-state index in [1.165, 1.54) is 72.5 Å². The summed E-state index contributed by atoms with van der Waals surface area (Å²) in [7, 11) is 0. The van der Waals surface area contributed by atoms with Crippen molar-refractivity contribution in [3.63, 3.8) is 0 Å². The molecule has 0 bridgehead atoms. The van der Waals surface area contributed by atoms with E-state index in [9.17, 15) is 0 Å². The zero-order chi connectivity index (χ0) is 18.8. The summed E-state index contributed by atoms with van der Waals surface area (Å²) in [5.41, 5.74) is 6.63. The van der Waals surface area contributed by atoms with Crippen molar-refractivity contribution in [3.8, 4) is 0 Å². The van der Waals surface area contributed by atoms with Gasteiger partial charge in [-0.2, -0.15) is 0 Å². The fraction of sp³-hybridized carbons (Fsp3) is 0.500. The average Bonchev–Trinajstić information content (AvgIpc) is 3.53. The zero-order valence-electron chi connectivity index (χ0n) is 16.6. The Morgan fingerprint density at radius 1 is 0.964 bits per heavy atom. The van der Waals surface area contributed by atoms with Crippen LogP contribution in [0.25, 0.3) is 5.57 Å². The highest BCUT2D eigenvalue weighted by Crippen LogP contribution is 2.32. The van der Waals surface area contributed by atoms with E-state index in [4.69, 9.17) is 0 Å². The molecule has 3 heterocycles. The number of nitrogens with one attached hydrogen (secondary N) is 2. The van der Waals surface area contributed by atoms with Crippen LogP contribution in [0, 0.1) is 0 Å². The molecular weight excluding hydrogens is 344 g/mol. The van der Waals surface area contributed by atoms with Crippen LogP contribution >= 0.6 is 0 Å². The van der Waals surface area contributed by atoms with Crippen LogP contribution in [-0.2, 0) is 12.8 Å². The summed E-state index contributed by atoms with van der Waals surface area (Å²) in [5.74, 6) is 1.88. The number of H-pyrrole nitrogens is 1. The largest absolute Gasteiger partial charge is 0.346 e. The minimum atomic E-state index is 0.497. The summed E-state index contributed by atoms with van der Waals surface area (Å²) in [6.07, 6.45) is 15.0. The molecule has 4 heteroatoms. The third kappa shape index (κ3) is 3.83. The molecule has 4 nitrogen and oxygen atoms in total. The van der Waals surface area contributed by atoms with Gasteiger partial charge in [0, 0.05) is 42.2 Å². The first-order chi connectivity index (χ1) is 13.8. The topological polar surface area (TPSA) is 53.1 Å². The number of aromatic amines is 1. The summed E-state index contributed by atoms with van der Waals surface area (Å²) in [6, 6.07) is 9.57. The Morgan fingerprint density at radius 2 is 1.82 bits per heavy atom. The second-order valence-corrected chi connectivity index (χ2v) is 8.57. The predicted octanol–water partition coefficient (Wildman–Crippen LogP) is 4.79. The van der Waals surface area contributed by atoms with Gasteiger partial charge in [0.1, 0.15) is 5.82 Å². The van der Waals surface area contributed by atoms with Crippen molar-refractivity contribution in [2.75, 3.05) is 6.54 Å². The Morgan fingerprint density at radius 3 is 2.61 bits per heavy atom. The number of benzene rings is 1. The van der Waals surface area contributed by atoms with Gasteiger partial charge in [-0.3, -0.25) is 4.99 Å². The Hall–Kier alpha value is -2.20. The van der Waals surface area contributed by atoms with Crippen LogP contribution in [0.3, 0.4) is 0 Å². The second kappa shape index (κ2) is 8.04. The van der Waals surface area contributed by atoms with Gasteiger partial charge in [-0.25, -0.2) is 4.98 Å². The normalized spacial score (nSPS) is 22.6. The number of aliphatic imine (C=N–C) groups is 1. The lowest BCUT2D eigenvalue weighted by Crippen LogP contribution is -2.29. The molecule has 2 aliphatic heterocycles. The number of nitrogens with zero attached hydrogens (tertiary/aromatic N) is 2. The highest BCUT2D eigenvalue weighted by atomic mass is 15.0. The molecule has 2 N–H and O–H groups in total. The van der Waals surface area contributed by atoms with Crippen molar-refractivity contribution in [1.82, 2.24) is 15.3 Å². The lowest BCUT2D eigenvalue weighted by atomic mass is 9.97. The molecule has 5 rings (SSSR count). The molecule has 1 saturated carbocycles. The van der Waals surface area contributed by atoms with Crippen LogP contribution in [0.4, 0.5) is 0 Å². The summed E-state index contributed by atoms with van der Waals surface area (Å²) in [5, 5.41) is 3.56. The number of hydrogen-bond donors (Lipinski definition) is 2. The van der Waals surface area contributed by atoms with Crippen LogP contribution in [0.2, 0.25) is 0 Å². The van der Waals surface area contributed by atoms with Crippen molar-refractivity contribution in [2.24, 2.45) is 4.99 Å². The van der Waals surface area contributed by atoms with Crippen molar-refractivity contribution in [2.45, 2.75) is 69.7 Å².